The molecule has 0 unspecified atom stereocenters. The summed E-state index contributed by atoms with van der Waals surface area (Å²) in [5.74, 6) is -12.4. The molecule has 81 heavy (non-hydrogen) atoms. The first kappa shape index (κ1) is 63.1. The number of ketones is 5. The number of aliphatic carboxylic acids is 1. The molecule has 5 rings (SSSR count). The normalized spacial score (nSPS) is 14.3. The number of primary amides is 1. The second-order valence-electron chi connectivity index (χ2n) is 20.6. The average molecular weight is 1120 g/mol. The van der Waals surface area contributed by atoms with Gasteiger partial charge in [-0.3, -0.25) is 47.9 Å². The van der Waals surface area contributed by atoms with Gasteiger partial charge in [-0.05, 0) is 82.9 Å². The van der Waals surface area contributed by atoms with Gasteiger partial charge in [0, 0.05) is 109 Å². The Labute approximate surface area is 465 Å². The van der Waals surface area contributed by atoms with E-state index in [2.05, 4.69) is 25.9 Å². The minimum Gasteiger partial charge on any atom is -0.508 e. The Morgan fingerprint density at radius 2 is 1.38 bits per heavy atom. The van der Waals surface area contributed by atoms with Crippen molar-refractivity contribution in [1.82, 2.24) is 25.9 Å². The molecule has 0 radical (unpaired) electrons. The summed E-state index contributed by atoms with van der Waals surface area (Å²) in [5, 5.41) is 48.3. The van der Waals surface area contributed by atoms with Crippen molar-refractivity contribution in [2.45, 2.75) is 136 Å². The van der Waals surface area contributed by atoms with E-state index < -0.39 is 120 Å². The molecule has 8 atom stereocenters. The van der Waals surface area contributed by atoms with E-state index in [1.54, 1.807) is 6.07 Å². The molecule has 0 spiro atoms. The zero-order valence-corrected chi connectivity index (χ0v) is 45.6. The van der Waals surface area contributed by atoms with Crippen LogP contribution in [0.1, 0.15) is 132 Å². The molecule has 10 N–H and O–H groups in total. The molecule has 1 aliphatic heterocycles. The number of carboxylic acid groups (broad SMARTS) is 2. The highest BCUT2D eigenvalue weighted by Gasteiger charge is 2.35. The third-order valence-electron chi connectivity index (χ3n) is 14.1. The number of H-pyrrole nitrogens is 1. The van der Waals surface area contributed by atoms with Crippen LogP contribution in [0, 0.1) is 23.7 Å². The molecule has 432 valence electrons. The van der Waals surface area contributed by atoms with Gasteiger partial charge in [0.15, 0.2) is 28.6 Å². The number of carbonyl (C=O) groups is 11. The smallest absolute Gasteiger partial charge is 0.336 e. The van der Waals surface area contributed by atoms with E-state index in [0.717, 1.165) is 0 Å². The van der Waals surface area contributed by atoms with Gasteiger partial charge in [0.05, 0.1) is 42.0 Å². The molecule has 0 bridgehead atoms. The first-order valence-electron chi connectivity index (χ1n) is 26.5. The monoisotopic (exact) mass is 1120 g/mol. The van der Waals surface area contributed by atoms with E-state index in [0.29, 0.717) is 41.5 Å². The number of aliphatic hydroxyl groups is 1. The van der Waals surface area contributed by atoms with Crippen LogP contribution in [0.2, 0.25) is 0 Å². The molecule has 1 aliphatic carbocycles. The summed E-state index contributed by atoms with van der Waals surface area (Å²) in [6.45, 7) is 6.78. The Morgan fingerprint density at radius 1 is 0.704 bits per heavy atom. The fourth-order valence-electron chi connectivity index (χ4n) is 9.40. The minimum absolute atomic E-state index is 0.0355. The third kappa shape index (κ3) is 17.9. The molecule has 23 nitrogen and oxygen atoms in total. The number of Topliss-reactive ketones (excluding diaryl/α,β-unsaturated/α-hetero) is 5. The molecule has 0 saturated carbocycles. The Bertz CT molecular complexity index is 3200. The summed E-state index contributed by atoms with van der Waals surface area (Å²) in [7, 11) is 0. The van der Waals surface area contributed by atoms with Gasteiger partial charge in [0.25, 0.3) is 0 Å². The number of phenols is 1. The Kier molecular flexibility index (Phi) is 22.5. The number of benzene rings is 3. The predicted octanol–water partition coefficient (Wildman–Crippen LogP) is 4.63. The van der Waals surface area contributed by atoms with Crippen LogP contribution >= 0.6 is 0 Å². The van der Waals surface area contributed by atoms with Crippen molar-refractivity contribution in [2.24, 2.45) is 29.4 Å². The molecule has 4 amide bonds. The van der Waals surface area contributed by atoms with Crippen LogP contribution in [-0.2, 0) is 49.6 Å². The molecule has 2 aliphatic rings. The van der Waals surface area contributed by atoms with Gasteiger partial charge in [-0.25, -0.2) is 9.78 Å². The zero-order valence-electron chi connectivity index (χ0n) is 45.6. The fourth-order valence-corrected chi connectivity index (χ4v) is 9.40. The lowest BCUT2D eigenvalue weighted by Crippen LogP contribution is -2.49. The first-order valence-corrected chi connectivity index (χ1v) is 26.5. The van der Waals surface area contributed by atoms with Crippen molar-refractivity contribution in [3.63, 3.8) is 0 Å². The number of nitrogens with zero attached hydrogens (tertiary/aromatic N) is 1. The molecule has 2 aromatic carbocycles. The van der Waals surface area contributed by atoms with Crippen LogP contribution in [-0.4, -0.2) is 119 Å². The topological polar surface area (TPSA) is 390 Å². The van der Waals surface area contributed by atoms with Crippen molar-refractivity contribution in [2.75, 3.05) is 0 Å². The van der Waals surface area contributed by atoms with Crippen molar-refractivity contribution in [1.29, 1.82) is 0 Å². The number of aromatic amines is 1. The van der Waals surface area contributed by atoms with Gasteiger partial charge in [-0.2, -0.15) is 0 Å². The van der Waals surface area contributed by atoms with Crippen LogP contribution in [0.5, 0.6) is 5.75 Å². The number of phenolic OH excluding ortho intramolecular Hbond substituents is 1. The van der Waals surface area contributed by atoms with E-state index in [4.69, 9.17) is 15.3 Å². The maximum atomic E-state index is 13.6. The lowest BCUT2D eigenvalue weighted by atomic mass is 9.89. The summed E-state index contributed by atoms with van der Waals surface area (Å²) in [4.78, 5) is 161. The van der Waals surface area contributed by atoms with E-state index in [9.17, 15) is 72.9 Å². The van der Waals surface area contributed by atoms with Crippen LogP contribution in [0.25, 0.3) is 33.4 Å². The number of amides is 4. The molecular weight excluding hydrogens is 1050 g/mol. The number of aromatic carboxylic acids is 1. The maximum Gasteiger partial charge on any atom is 0.336 e. The quantitative estimate of drug-likeness (QED) is 0.0157. The Morgan fingerprint density at radius 3 is 2.01 bits per heavy atom. The van der Waals surface area contributed by atoms with E-state index >= 15 is 0 Å². The molecule has 3 aromatic rings. The highest BCUT2D eigenvalue weighted by Crippen LogP contribution is 2.42. The van der Waals surface area contributed by atoms with E-state index in [1.807, 2.05) is 0 Å². The number of nitrogens with one attached hydrogen (secondary N) is 4. The lowest BCUT2D eigenvalue weighted by molar-refractivity contribution is -0.138. The molecule has 23 heteroatoms. The lowest BCUT2D eigenvalue weighted by Gasteiger charge is -2.25. The maximum absolute atomic E-state index is 13.6. The second-order valence-corrected chi connectivity index (χ2v) is 20.6. The van der Waals surface area contributed by atoms with Crippen LogP contribution < -0.4 is 27.1 Å². The van der Waals surface area contributed by atoms with Crippen LogP contribution in [0.15, 0.2) is 76.3 Å². The molecule has 0 saturated heterocycles. The summed E-state index contributed by atoms with van der Waals surface area (Å²) in [6.07, 6.45) is 0.400. The number of hydrogen-bond acceptors (Lipinski definition) is 16. The van der Waals surface area contributed by atoms with Crippen molar-refractivity contribution in [3.05, 3.63) is 94.2 Å². The molecule has 0 fully saturated rings. The van der Waals surface area contributed by atoms with E-state index in [-0.39, 0.29) is 89.3 Å². The summed E-state index contributed by atoms with van der Waals surface area (Å²) >= 11 is 0. The number of aromatic nitrogens is 2. The number of nitrogens with two attached hydrogens (primary N) is 1. The number of hydrogen-bond donors (Lipinski definition) is 9. The summed E-state index contributed by atoms with van der Waals surface area (Å²) in [6, 6.07) is 9.13. The van der Waals surface area contributed by atoms with Gasteiger partial charge in [-0.1, -0.05) is 31.9 Å². The van der Waals surface area contributed by atoms with Gasteiger partial charge in [-0.15, -0.1) is 0 Å². The highest BCUT2D eigenvalue weighted by atomic mass is 16.4. The standard InChI is InChI=1S/C58H68N6O17/c1-29(55(76)62-32(4)48(71)26-43(33(5)66)57(78)64-45(23-37-27-60-28-61-37)49(72)22-35(54(59)75)12-18-52(73)74)19-47(70)31(3)63-56(77)36(20-30(2)65)9-7-6-8-10-46(69)34-11-15-40(44(21-34)58(79)80)53-41-16-13-38(67)24-50(41)81-51-25-39(68)14-17-42(51)53/h11,13-17,21,24-25,27-29,31-33,35-36,43,45,66-67H,6-10,12,18-20,22-23,26H2,1-5H3,(H2,59,75)(H,60,61)(H,62,76)(H,63,77)(H,64,78)(H,73,74)(H,79,80)/t29-,31+,32+,33-,35-,36-,43+,45+/m0/s1. The highest BCUT2D eigenvalue weighted by molar-refractivity contribution is 6.09. The van der Waals surface area contributed by atoms with Gasteiger partial charge < -0.3 is 56.3 Å². The Balaban J connectivity index is 1.11. The molecule has 2 heterocycles. The first-order chi connectivity index (χ1) is 38.2. The number of fused-ring (bicyclic) bond motifs is 2. The summed E-state index contributed by atoms with van der Waals surface area (Å²) in [5.41, 5.74) is 6.81. The number of aromatic hydroxyl groups is 1. The summed E-state index contributed by atoms with van der Waals surface area (Å²) < 4.78 is 5.89. The SMILES string of the molecule is CC(=O)C[C@H](CCCCCC(=O)c1ccc(-c2c3ccc(=O)cc-3oc3cc(O)ccc23)c(C(=O)O)c1)C(=O)N[C@H](C)C(=O)C[C@H](C)C(=O)N[C@H](C)C(=O)C[C@@H](C(=O)N[C@H](Cc1cnc[nH]1)C(=O)C[C@H](CCC(=O)O)C(N)=O)[C@H](C)O. The minimum atomic E-state index is -1.43. The number of carbonyl (C=O) groups excluding carboxylic acids is 9. The zero-order chi connectivity index (χ0) is 59.8. The van der Waals surface area contributed by atoms with Crippen LogP contribution in [0.4, 0.5) is 0 Å². The number of unbranched alkanes of at least 4 members (excludes halogenated alkanes) is 2. The van der Waals surface area contributed by atoms with Gasteiger partial charge in [0.1, 0.15) is 22.9 Å². The van der Waals surface area contributed by atoms with E-state index in [1.165, 1.54) is 95.7 Å². The predicted molar refractivity (Wildman–Crippen MR) is 292 cm³/mol. The van der Waals surface area contributed by atoms with Crippen LogP contribution in [0.3, 0.4) is 0 Å². The van der Waals surface area contributed by atoms with Crippen molar-refractivity contribution >= 4 is 75.5 Å². The second kappa shape index (κ2) is 28.9. The Hall–Kier alpha value is -8.73. The average Bonchev–Trinajstić information content (AvgIpc) is 3.92. The van der Waals surface area contributed by atoms with Gasteiger partial charge in [0.2, 0.25) is 23.6 Å². The largest absolute Gasteiger partial charge is 0.508 e. The van der Waals surface area contributed by atoms with Crippen molar-refractivity contribution in [3.8, 4) is 28.2 Å². The molecular formula is C58H68N6O17. The van der Waals surface area contributed by atoms with Crippen molar-refractivity contribution < 1.29 is 77.6 Å². The number of imidazole rings is 1. The number of aliphatic hydroxyl groups excluding tert-OH is 1. The fraction of sp³-hybridized carbons (Fsp3) is 0.431. The molecule has 1 aromatic heterocycles. The third-order valence-corrected chi connectivity index (χ3v) is 14.1. The number of carboxylic acids is 2. The van der Waals surface area contributed by atoms with Gasteiger partial charge >= 0.3 is 11.9 Å². The number of rotatable bonds is 33.